The number of aryl methyl sites for hydroxylation is 2. The van der Waals surface area contributed by atoms with Gasteiger partial charge < -0.3 is 14.4 Å². The first-order valence-electron chi connectivity index (χ1n) is 10.6. The van der Waals surface area contributed by atoms with Crippen LogP contribution >= 0.6 is 11.3 Å². The average Bonchev–Trinajstić information content (AvgIpc) is 3.36. The highest BCUT2D eigenvalue weighted by atomic mass is 32.1. The standard InChI is InChI=1S/C23H29N3O3S/c1-5-25(6-2)12-13-26-21(15-10-11-17(28-3)18(14-15)29-4)24-22-20(23(26)27)16-8-7-9-19(16)30-22/h10-11,14H,5-9,12-13H2,1-4H3. The third-order valence-corrected chi connectivity index (χ3v) is 7.19. The Balaban J connectivity index is 1.89. The minimum atomic E-state index is 0.0799. The van der Waals surface area contributed by atoms with Crippen LogP contribution in [0.1, 0.15) is 30.7 Å². The van der Waals surface area contributed by atoms with Gasteiger partial charge in [0.15, 0.2) is 11.5 Å². The fourth-order valence-corrected chi connectivity index (χ4v) is 5.51. The Bertz CT molecular complexity index is 1120. The third kappa shape index (κ3) is 3.61. The monoisotopic (exact) mass is 427 g/mol. The number of hydrogen-bond acceptors (Lipinski definition) is 6. The van der Waals surface area contributed by atoms with Gasteiger partial charge in [0.05, 0.1) is 19.6 Å². The summed E-state index contributed by atoms with van der Waals surface area (Å²) in [5.74, 6) is 1.99. The van der Waals surface area contributed by atoms with Crippen molar-refractivity contribution in [1.82, 2.24) is 14.5 Å². The van der Waals surface area contributed by atoms with E-state index in [1.807, 2.05) is 22.8 Å². The minimum Gasteiger partial charge on any atom is -0.493 e. The number of thiophene rings is 1. The Morgan fingerprint density at radius 3 is 2.60 bits per heavy atom. The molecule has 0 saturated heterocycles. The highest BCUT2D eigenvalue weighted by Gasteiger charge is 2.24. The average molecular weight is 428 g/mol. The number of likely N-dealkylation sites (N-methyl/N-ethyl adjacent to an activating group) is 1. The van der Waals surface area contributed by atoms with Crippen LogP contribution in [0.15, 0.2) is 23.0 Å². The molecule has 0 amide bonds. The summed E-state index contributed by atoms with van der Waals surface area (Å²) in [5.41, 5.74) is 2.17. The van der Waals surface area contributed by atoms with E-state index in [0.717, 1.165) is 54.7 Å². The number of benzene rings is 1. The lowest BCUT2D eigenvalue weighted by molar-refractivity contribution is 0.289. The number of fused-ring (bicyclic) bond motifs is 3. The lowest BCUT2D eigenvalue weighted by Crippen LogP contribution is -2.32. The predicted molar refractivity (Wildman–Crippen MR) is 122 cm³/mol. The van der Waals surface area contributed by atoms with Gasteiger partial charge in [-0.2, -0.15) is 0 Å². The van der Waals surface area contributed by atoms with Gasteiger partial charge in [-0.3, -0.25) is 9.36 Å². The molecule has 0 radical (unpaired) electrons. The number of hydrogen-bond donors (Lipinski definition) is 0. The lowest BCUT2D eigenvalue weighted by Gasteiger charge is -2.20. The van der Waals surface area contributed by atoms with E-state index in [2.05, 4.69) is 18.7 Å². The van der Waals surface area contributed by atoms with Gasteiger partial charge in [-0.25, -0.2) is 4.98 Å². The molecule has 1 aliphatic carbocycles. The van der Waals surface area contributed by atoms with Crippen LogP contribution in [0.5, 0.6) is 11.5 Å². The number of rotatable bonds is 8. The molecule has 0 N–H and O–H groups in total. The molecule has 0 unspecified atom stereocenters. The Labute approximate surface area is 181 Å². The van der Waals surface area contributed by atoms with Gasteiger partial charge in [-0.15, -0.1) is 11.3 Å². The molecule has 0 saturated carbocycles. The molecule has 4 rings (SSSR count). The Morgan fingerprint density at radius 2 is 1.90 bits per heavy atom. The number of methoxy groups -OCH3 is 2. The summed E-state index contributed by atoms with van der Waals surface area (Å²) >= 11 is 1.68. The highest BCUT2D eigenvalue weighted by Crippen LogP contribution is 2.37. The maximum absolute atomic E-state index is 13.7. The van der Waals surface area contributed by atoms with E-state index in [1.165, 1.54) is 10.4 Å². The molecule has 1 aliphatic rings. The predicted octanol–water partition coefficient (Wildman–Crippen LogP) is 3.97. The molecule has 0 bridgehead atoms. The smallest absolute Gasteiger partial charge is 0.262 e. The van der Waals surface area contributed by atoms with Crippen molar-refractivity contribution in [3.8, 4) is 22.9 Å². The van der Waals surface area contributed by atoms with E-state index in [4.69, 9.17) is 14.5 Å². The van der Waals surface area contributed by atoms with Gasteiger partial charge in [-0.1, -0.05) is 13.8 Å². The van der Waals surface area contributed by atoms with E-state index in [0.29, 0.717) is 23.9 Å². The Kier molecular flexibility index (Phi) is 6.11. The van der Waals surface area contributed by atoms with Crippen LogP contribution in [-0.4, -0.2) is 48.3 Å². The number of nitrogens with zero attached hydrogens (tertiary/aromatic N) is 3. The summed E-state index contributed by atoms with van der Waals surface area (Å²) in [6.45, 7) is 7.63. The molecule has 3 aromatic rings. The molecule has 30 heavy (non-hydrogen) atoms. The summed E-state index contributed by atoms with van der Waals surface area (Å²) in [6, 6.07) is 5.72. The normalized spacial score (nSPS) is 13.2. The first kappa shape index (κ1) is 20.9. The maximum atomic E-state index is 13.7. The number of aromatic nitrogens is 2. The van der Waals surface area contributed by atoms with Crippen molar-refractivity contribution in [3.63, 3.8) is 0 Å². The van der Waals surface area contributed by atoms with Gasteiger partial charge in [0.2, 0.25) is 0 Å². The van der Waals surface area contributed by atoms with Crippen molar-refractivity contribution in [3.05, 3.63) is 39.0 Å². The maximum Gasteiger partial charge on any atom is 0.262 e. The summed E-state index contributed by atoms with van der Waals surface area (Å²) in [4.78, 5) is 23.2. The van der Waals surface area contributed by atoms with Gasteiger partial charge in [0, 0.05) is 23.5 Å². The van der Waals surface area contributed by atoms with Crippen molar-refractivity contribution in [2.45, 2.75) is 39.7 Å². The van der Waals surface area contributed by atoms with Gasteiger partial charge in [-0.05, 0) is 56.1 Å². The quantitative estimate of drug-likeness (QED) is 0.544. The SMILES string of the molecule is CCN(CC)CCn1c(-c2ccc(OC)c(OC)c2)nc2sc3c(c2c1=O)CCC3. The third-order valence-electron chi connectivity index (χ3n) is 6.00. The minimum absolute atomic E-state index is 0.0799. The zero-order valence-corrected chi connectivity index (χ0v) is 19.0. The molecule has 1 aromatic carbocycles. The lowest BCUT2D eigenvalue weighted by atomic mass is 10.1. The zero-order valence-electron chi connectivity index (χ0n) is 18.2. The molecule has 7 heteroatoms. The van der Waals surface area contributed by atoms with Crippen molar-refractivity contribution >= 4 is 21.6 Å². The molecule has 160 valence electrons. The van der Waals surface area contributed by atoms with Crippen molar-refractivity contribution in [2.75, 3.05) is 33.9 Å². The van der Waals surface area contributed by atoms with Crippen molar-refractivity contribution in [1.29, 1.82) is 0 Å². The molecule has 0 spiro atoms. The Morgan fingerprint density at radius 1 is 1.13 bits per heavy atom. The molecule has 2 heterocycles. The van der Waals surface area contributed by atoms with E-state index >= 15 is 0 Å². The van der Waals surface area contributed by atoms with Gasteiger partial charge >= 0.3 is 0 Å². The fourth-order valence-electron chi connectivity index (χ4n) is 4.26. The molecular formula is C23H29N3O3S. The summed E-state index contributed by atoms with van der Waals surface area (Å²) in [5, 5.41) is 0.830. The molecule has 6 nitrogen and oxygen atoms in total. The van der Waals surface area contributed by atoms with E-state index < -0.39 is 0 Å². The largest absolute Gasteiger partial charge is 0.493 e. The fraction of sp³-hybridized carbons (Fsp3) is 0.478. The molecule has 0 aliphatic heterocycles. The van der Waals surface area contributed by atoms with E-state index in [1.54, 1.807) is 25.6 Å². The van der Waals surface area contributed by atoms with Gasteiger partial charge in [0.25, 0.3) is 5.56 Å². The van der Waals surface area contributed by atoms with Crippen LogP contribution in [0.4, 0.5) is 0 Å². The van der Waals surface area contributed by atoms with Crippen molar-refractivity contribution in [2.24, 2.45) is 0 Å². The van der Waals surface area contributed by atoms with Crippen LogP contribution in [0.25, 0.3) is 21.6 Å². The van der Waals surface area contributed by atoms with Crippen LogP contribution in [-0.2, 0) is 19.4 Å². The molecule has 2 aromatic heterocycles. The number of ether oxygens (including phenoxy) is 2. The second-order valence-electron chi connectivity index (χ2n) is 7.53. The molecule has 0 fully saturated rings. The summed E-state index contributed by atoms with van der Waals surface area (Å²) < 4.78 is 12.7. The molecular weight excluding hydrogens is 398 g/mol. The first-order chi connectivity index (χ1) is 14.6. The first-order valence-corrected chi connectivity index (χ1v) is 11.4. The second kappa shape index (κ2) is 8.78. The van der Waals surface area contributed by atoms with Crippen LogP contribution < -0.4 is 15.0 Å². The topological polar surface area (TPSA) is 56.6 Å². The summed E-state index contributed by atoms with van der Waals surface area (Å²) in [7, 11) is 3.24. The van der Waals surface area contributed by atoms with Crippen molar-refractivity contribution < 1.29 is 9.47 Å². The van der Waals surface area contributed by atoms with E-state index in [-0.39, 0.29) is 5.56 Å². The van der Waals surface area contributed by atoms with Crippen LogP contribution in [0, 0.1) is 0 Å². The van der Waals surface area contributed by atoms with Crippen LogP contribution in [0.2, 0.25) is 0 Å². The van der Waals surface area contributed by atoms with E-state index in [9.17, 15) is 4.79 Å². The van der Waals surface area contributed by atoms with Crippen LogP contribution in [0.3, 0.4) is 0 Å². The second-order valence-corrected chi connectivity index (χ2v) is 8.61. The summed E-state index contributed by atoms with van der Waals surface area (Å²) in [6.07, 6.45) is 3.17. The Hall–Kier alpha value is -2.38. The molecule has 0 atom stereocenters. The highest BCUT2D eigenvalue weighted by molar-refractivity contribution is 7.18. The zero-order chi connectivity index (χ0) is 21.3. The van der Waals surface area contributed by atoms with Gasteiger partial charge in [0.1, 0.15) is 10.7 Å².